The van der Waals surface area contributed by atoms with Gasteiger partial charge in [-0.2, -0.15) is 13.2 Å². The first-order chi connectivity index (χ1) is 13.6. The number of carbonyl (C=O) groups is 2. The summed E-state index contributed by atoms with van der Waals surface area (Å²) in [4.78, 5) is 34.0. The highest BCUT2D eigenvalue weighted by molar-refractivity contribution is 5.84. The highest BCUT2D eigenvalue weighted by Crippen LogP contribution is 2.35. The van der Waals surface area contributed by atoms with E-state index in [-0.39, 0.29) is 11.7 Å². The molecule has 0 spiro atoms. The van der Waals surface area contributed by atoms with Crippen LogP contribution in [0.4, 0.5) is 24.5 Å². The maximum Gasteiger partial charge on any atom is 0.416 e. The maximum absolute atomic E-state index is 12.7. The molecule has 160 valence electrons. The molecule has 2 rings (SSSR count). The number of amides is 1. The Labute approximate surface area is 164 Å². The largest absolute Gasteiger partial charge is 0.454 e. The first-order valence-corrected chi connectivity index (χ1v) is 9.16. The summed E-state index contributed by atoms with van der Waals surface area (Å²) in [6.45, 7) is 0.819. The summed E-state index contributed by atoms with van der Waals surface area (Å²) < 4.78 is 43.1. The molecular formula is C18H22F3N3O5. The Morgan fingerprint density at radius 3 is 2.52 bits per heavy atom. The highest BCUT2D eigenvalue weighted by Gasteiger charge is 2.33. The second-order valence-corrected chi connectivity index (χ2v) is 6.86. The van der Waals surface area contributed by atoms with Gasteiger partial charge in [0.15, 0.2) is 6.61 Å². The quantitative estimate of drug-likeness (QED) is 0.400. The summed E-state index contributed by atoms with van der Waals surface area (Å²) in [6, 6.07) is 0.872. The van der Waals surface area contributed by atoms with Crippen molar-refractivity contribution in [2.75, 3.05) is 11.9 Å². The second-order valence-electron chi connectivity index (χ2n) is 6.86. The van der Waals surface area contributed by atoms with Gasteiger partial charge >= 0.3 is 12.1 Å². The number of nitro benzene ring substituents is 1. The lowest BCUT2D eigenvalue weighted by atomic mass is 9.95. The Morgan fingerprint density at radius 1 is 1.28 bits per heavy atom. The number of alkyl halides is 3. The monoisotopic (exact) mass is 417 g/mol. The Morgan fingerprint density at radius 2 is 1.93 bits per heavy atom. The molecular weight excluding hydrogens is 395 g/mol. The lowest BCUT2D eigenvalue weighted by Gasteiger charge is -2.22. The number of rotatable bonds is 7. The Bertz CT molecular complexity index is 764. The topological polar surface area (TPSA) is 111 Å². The van der Waals surface area contributed by atoms with Crippen LogP contribution in [0.15, 0.2) is 18.2 Å². The smallest absolute Gasteiger partial charge is 0.416 e. The van der Waals surface area contributed by atoms with Gasteiger partial charge in [-0.25, -0.2) is 4.79 Å². The van der Waals surface area contributed by atoms with Gasteiger partial charge < -0.3 is 15.4 Å². The van der Waals surface area contributed by atoms with Crippen LogP contribution in [0.25, 0.3) is 0 Å². The number of nitrogens with zero attached hydrogens (tertiary/aromatic N) is 1. The van der Waals surface area contributed by atoms with E-state index >= 15 is 0 Å². The fourth-order valence-electron chi connectivity index (χ4n) is 3.05. The van der Waals surface area contributed by atoms with Crippen LogP contribution < -0.4 is 10.6 Å². The third kappa shape index (κ3) is 6.61. The lowest BCUT2D eigenvalue weighted by Crippen LogP contribution is -2.40. The minimum absolute atomic E-state index is 0.0558. The van der Waals surface area contributed by atoms with Gasteiger partial charge in [0.2, 0.25) is 0 Å². The molecule has 29 heavy (non-hydrogen) atoms. The molecule has 1 fully saturated rings. The van der Waals surface area contributed by atoms with Gasteiger partial charge in [-0.15, -0.1) is 0 Å². The fourth-order valence-corrected chi connectivity index (χ4v) is 3.05. The summed E-state index contributed by atoms with van der Waals surface area (Å²) in [5, 5.41) is 16.3. The van der Waals surface area contributed by atoms with Gasteiger partial charge in [0.25, 0.3) is 11.6 Å². The summed E-state index contributed by atoms with van der Waals surface area (Å²) in [6.07, 6.45) is 0.180. The average Bonchev–Trinajstić information content (AvgIpc) is 2.66. The molecule has 1 amide bonds. The zero-order valence-corrected chi connectivity index (χ0v) is 15.8. The third-order valence-electron chi connectivity index (χ3n) is 4.56. The van der Waals surface area contributed by atoms with E-state index in [0.29, 0.717) is 12.1 Å². The van der Waals surface area contributed by atoms with Crippen molar-refractivity contribution in [3.63, 3.8) is 0 Å². The Kier molecular flexibility index (Phi) is 7.40. The van der Waals surface area contributed by atoms with Crippen molar-refractivity contribution in [3.05, 3.63) is 33.9 Å². The van der Waals surface area contributed by atoms with Gasteiger partial charge in [-0.05, 0) is 31.9 Å². The van der Waals surface area contributed by atoms with E-state index in [0.717, 1.165) is 38.2 Å². The Hall–Kier alpha value is -2.85. The first kappa shape index (κ1) is 22.4. The van der Waals surface area contributed by atoms with Crippen molar-refractivity contribution >= 4 is 23.3 Å². The number of anilines is 1. The van der Waals surface area contributed by atoms with Crippen molar-refractivity contribution in [1.29, 1.82) is 0 Å². The van der Waals surface area contributed by atoms with E-state index in [1.54, 1.807) is 0 Å². The predicted molar refractivity (Wildman–Crippen MR) is 97.2 cm³/mol. The molecule has 0 unspecified atom stereocenters. The molecule has 1 aliphatic carbocycles. The SMILES string of the molecule is C[C@H](Nc1ccc(C(F)(F)F)cc1[N+](=O)[O-])C(=O)OCC(=O)NC1CCCCC1. The molecule has 1 aliphatic rings. The van der Waals surface area contributed by atoms with Gasteiger partial charge in [0, 0.05) is 12.1 Å². The number of esters is 1. The fraction of sp³-hybridized carbons (Fsp3) is 0.556. The molecule has 0 radical (unpaired) electrons. The average molecular weight is 417 g/mol. The number of carbonyl (C=O) groups excluding carboxylic acids is 2. The minimum atomic E-state index is -4.74. The number of nitro groups is 1. The molecule has 1 saturated carbocycles. The number of hydrogen-bond acceptors (Lipinski definition) is 6. The normalized spacial score (nSPS) is 16.0. The zero-order valence-electron chi connectivity index (χ0n) is 15.8. The number of ether oxygens (including phenoxy) is 1. The Balaban J connectivity index is 1.93. The number of halogens is 3. The van der Waals surface area contributed by atoms with Crippen molar-refractivity contribution in [2.24, 2.45) is 0 Å². The van der Waals surface area contributed by atoms with Crippen molar-refractivity contribution in [2.45, 2.75) is 57.3 Å². The van der Waals surface area contributed by atoms with Gasteiger partial charge in [0.05, 0.1) is 10.5 Å². The van der Waals surface area contributed by atoms with Crippen LogP contribution >= 0.6 is 0 Å². The van der Waals surface area contributed by atoms with E-state index in [1.807, 2.05) is 0 Å². The third-order valence-corrected chi connectivity index (χ3v) is 4.56. The molecule has 0 saturated heterocycles. The summed E-state index contributed by atoms with van der Waals surface area (Å²) in [5.74, 6) is -1.31. The molecule has 1 aromatic rings. The van der Waals surface area contributed by atoms with E-state index in [9.17, 15) is 32.9 Å². The van der Waals surface area contributed by atoms with Crippen molar-refractivity contribution < 1.29 is 32.4 Å². The zero-order chi connectivity index (χ0) is 21.6. The summed E-state index contributed by atoms with van der Waals surface area (Å²) in [5.41, 5.74) is -2.27. The molecule has 11 heteroatoms. The summed E-state index contributed by atoms with van der Waals surface area (Å²) in [7, 11) is 0. The minimum Gasteiger partial charge on any atom is -0.454 e. The molecule has 0 bridgehead atoms. The second kappa shape index (κ2) is 9.57. The van der Waals surface area contributed by atoms with Crippen molar-refractivity contribution in [3.8, 4) is 0 Å². The standard InChI is InChI=1S/C18H22F3N3O5/c1-11(17(26)29-10-16(25)23-13-5-3-2-4-6-13)22-14-8-7-12(18(19,20)21)9-15(14)24(27)28/h7-9,11,13,22H,2-6,10H2,1H3,(H,23,25)/t11-/m0/s1. The molecule has 0 aromatic heterocycles. The van der Waals surface area contributed by atoms with E-state index < -0.39 is 46.9 Å². The van der Waals surface area contributed by atoms with Gasteiger partial charge in [-0.3, -0.25) is 14.9 Å². The van der Waals surface area contributed by atoms with Crippen LogP contribution in [-0.4, -0.2) is 35.5 Å². The predicted octanol–water partition coefficient (Wildman–Crippen LogP) is 3.41. The number of benzene rings is 1. The van der Waals surface area contributed by atoms with E-state index in [2.05, 4.69) is 10.6 Å². The van der Waals surface area contributed by atoms with Crippen LogP contribution in [0, 0.1) is 10.1 Å². The van der Waals surface area contributed by atoms with Crippen molar-refractivity contribution in [1.82, 2.24) is 5.32 Å². The molecule has 2 N–H and O–H groups in total. The molecule has 0 aliphatic heterocycles. The van der Waals surface area contributed by atoms with Gasteiger partial charge in [-0.1, -0.05) is 19.3 Å². The molecule has 8 nitrogen and oxygen atoms in total. The highest BCUT2D eigenvalue weighted by atomic mass is 19.4. The lowest BCUT2D eigenvalue weighted by molar-refractivity contribution is -0.384. The number of hydrogen-bond donors (Lipinski definition) is 2. The molecule has 1 aromatic carbocycles. The first-order valence-electron chi connectivity index (χ1n) is 9.16. The van der Waals surface area contributed by atoms with E-state index in [4.69, 9.17) is 4.74 Å². The summed E-state index contributed by atoms with van der Waals surface area (Å²) >= 11 is 0. The van der Waals surface area contributed by atoms with Crippen LogP contribution in [0.1, 0.15) is 44.6 Å². The maximum atomic E-state index is 12.7. The van der Waals surface area contributed by atoms with Crippen LogP contribution in [-0.2, 0) is 20.5 Å². The van der Waals surface area contributed by atoms with Gasteiger partial charge in [0.1, 0.15) is 11.7 Å². The van der Waals surface area contributed by atoms with Crippen LogP contribution in [0.2, 0.25) is 0 Å². The van der Waals surface area contributed by atoms with Crippen LogP contribution in [0.3, 0.4) is 0 Å². The van der Waals surface area contributed by atoms with Crippen LogP contribution in [0.5, 0.6) is 0 Å². The molecule has 0 heterocycles. The number of nitrogens with one attached hydrogen (secondary N) is 2. The van der Waals surface area contributed by atoms with E-state index in [1.165, 1.54) is 6.92 Å². The molecule has 1 atom stereocenters.